The van der Waals surface area contributed by atoms with Crippen LogP contribution >= 0.6 is 11.6 Å². The number of nitrogens with zero attached hydrogens (tertiary/aromatic N) is 1. The number of rotatable bonds is 2. The number of benzene rings is 1. The van der Waals surface area contributed by atoms with E-state index in [4.69, 9.17) is 26.6 Å². The normalized spacial score (nSPS) is 11.7. The molecule has 0 atom stereocenters. The molecule has 0 spiro atoms. The maximum Gasteiger partial charge on any atom is 0.490 e. The second-order valence-electron chi connectivity index (χ2n) is 4.32. The number of halogens is 4. The summed E-state index contributed by atoms with van der Waals surface area (Å²) in [6, 6.07) is 6.27. The number of aromatic carboxylic acids is 1. The van der Waals surface area contributed by atoms with Crippen LogP contribution in [-0.4, -0.2) is 47.0 Å². The van der Waals surface area contributed by atoms with Gasteiger partial charge in [-0.1, -0.05) is 29.8 Å². The highest BCUT2D eigenvalue weighted by Crippen LogP contribution is 2.31. The monoisotopic (exact) mass is 387 g/mol. The summed E-state index contributed by atoms with van der Waals surface area (Å²) in [5, 5.41) is 16.2. The molecular formula is C12H9ClF3NO6S. The van der Waals surface area contributed by atoms with E-state index in [1.165, 1.54) is 12.1 Å². The standard InChI is InChI=1S/C10H8ClNO4S.C2HF3O2/c1-17(15,16)12-7-5-3-2-4-6(7)8(9(12)11)10(13)14;3-2(4,5)1(6)7/h2-5H,1H3,(H,13,14);(H,6,7). The Kier molecular flexibility index (Phi) is 5.51. The first-order chi connectivity index (χ1) is 10.8. The van der Waals surface area contributed by atoms with Gasteiger partial charge in [-0.05, 0) is 6.07 Å². The van der Waals surface area contributed by atoms with Gasteiger partial charge in [0.2, 0.25) is 10.0 Å². The van der Waals surface area contributed by atoms with Crippen molar-refractivity contribution in [2.24, 2.45) is 0 Å². The van der Waals surface area contributed by atoms with Crippen LogP contribution in [0.2, 0.25) is 5.15 Å². The topological polar surface area (TPSA) is 114 Å². The van der Waals surface area contributed by atoms with E-state index in [-0.39, 0.29) is 16.2 Å². The van der Waals surface area contributed by atoms with Crippen LogP contribution in [0.3, 0.4) is 0 Å². The molecule has 2 rings (SSSR count). The lowest BCUT2D eigenvalue weighted by Gasteiger charge is -2.02. The minimum atomic E-state index is -5.08. The fraction of sp³-hybridized carbons (Fsp3) is 0.167. The summed E-state index contributed by atoms with van der Waals surface area (Å²) in [4.78, 5) is 20.0. The lowest BCUT2D eigenvalue weighted by molar-refractivity contribution is -0.192. The van der Waals surface area contributed by atoms with E-state index in [0.717, 1.165) is 10.2 Å². The number of para-hydroxylation sites is 1. The largest absolute Gasteiger partial charge is 0.490 e. The number of hydrogen-bond donors (Lipinski definition) is 2. The van der Waals surface area contributed by atoms with E-state index in [0.29, 0.717) is 5.39 Å². The van der Waals surface area contributed by atoms with E-state index >= 15 is 0 Å². The fourth-order valence-corrected chi connectivity index (χ4v) is 3.26. The molecule has 1 aromatic heterocycles. The molecule has 12 heteroatoms. The molecule has 0 unspecified atom stereocenters. The van der Waals surface area contributed by atoms with Crippen molar-refractivity contribution in [3.63, 3.8) is 0 Å². The van der Waals surface area contributed by atoms with Crippen LogP contribution in [-0.2, 0) is 14.8 Å². The predicted molar refractivity (Wildman–Crippen MR) is 77.8 cm³/mol. The van der Waals surface area contributed by atoms with Crippen molar-refractivity contribution >= 4 is 44.5 Å². The average molecular weight is 388 g/mol. The first kappa shape index (κ1) is 19.8. The first-order valence-corrected chi connectivity index (χ1v) is 8.04. The molecule has 2 aromatic rings. The Morgan fingerprint density at radius 1 is 1.17 bits per heavy atom. The number of fused-ring (bicyclic) bond motifs is 1. The molecule has 0 amide bonds. The van der Waals surface area contributed by atoms with Gasteiger partial charge in [-0.2, -0.15) is 13.2 Å². The highest BCUT2D eigenvalue weighted by molar-refractivity contribution is 7.89. The van der Waals surface area contributed by atoms with Crippen LogP contribution in [0.15, 0.2) is 24.3 Å². The van der Waals surface area contributed by atoms with Gasteiger partial charge < -0.3 is 10.2 Å². The van der Waals surface area contributed by atoms with Crippen molar-refractivity contribution in [2.45, 2.75) is 6.18 Å². The number of aliphatic carboxylic acids is 1. The van der Waals surface area contributed by atoms with E-state index in [1.54, 1.807) is 12.1 Å². The second kappa shape index (κ2) is 6.69. The van der Waals surface area contributed by atoms with Gasteiger partial charge in [-0.3, -0.25) is 0 Å². The molecule has 1 aromatic carbocycles. The maximum absolute atomic E-state index is 11.6. The van der Waals surface area contributed by atoms with E-state index < -0.39 is 28.1 Å². The van der Waals surface area contributed by atoms with Gasteiger partial charge in [0.05, 0.1) is 11.8 Å². The Morgan fingerprint density at radius 2 is 1.62 bits per heavy atom. The third kappa shape index (κ3) is 4.17. The molecule has 0 bridgehead atoms. The van der Waals surface area contributed by atoms with Crippen LogP contribution in [0.25, 0.3) is 10.9 Å². The number of alkyl halides is 3. The van der Waals surface area contributed by atoms with Gasteiger partial charge in [0.25, 0.3) is 0 Å². The van der Waals surface area contributed by atoms with Crippen LogP contribution < -0.4 is 0 Å². The van der Waals surface area contributed by atoms with Gasteiger partial charge in [0, 0.05) is 5.39 Å². The molecule has 0 aliphatic carbocycles. The molecule has 2 N–H and O–H groups in total. The second-order valence-corrected chi connectivity index (χ2v) is 6.51. The Morgan fingerprint density at radius 3 is 2.00 bits per heavy atom. The molecule has 0 radical (unpaired) electrons. The molecule has 1 heterocycles. The van der Waals surface area contributed by atoms with E-state index in [2.05, 4.69) is 0 Å². The van der Waals surface area contributed by atoms with Gasteiger partial charge >= 0.3 is 18.1 Å². The minimum Gasteiger partial charge on any atom is -0.478 e. The number of carboxylic acids is 2. The quantitative estimate of drug-likeness (QED) is 0.818. The van der Waals surface area contributed by atoms with Crippen molar-refractivity contribution in [3.05, 3.63) is 35.0 Å². The molecule has 0 saturated carbocycles. The smallest absolute Gasteiger partial charge is 0.478 e. The Hall–Kier alpha value is -2.27. The first-order valence-electron chi connectivity index (χ1n) is 5.81. The molecule has 0 saturated heterocycles. The SMILES string of the molecule is CS(=O)(=O)n1c(Cl)c(C(=O)O)c2ccccc21.O=C(O)C(F)(F)F. The minimum absolute atomic E-state index is 0.201. The molecule has 0 aliphatic rings. The van der Waals surface area contributed by atoms with Crippen molar-refractivity contribution in [2.75, 3.05) is 6.26 Å². The molecule has 0 fully saturated rings. The predicted octanol–water partition coefficient (Wildman–Crippen LogP) is 2.43. The molecule has 132 valence electrons. The number of carboxylic acid groups (broad SMARTS) is 2. The van der Waals surface area contributed by atoms with Gasteiger partial charge in [0.1, 0.15) is 10.7 Å². The highest BCUT2D eigenvalue weighted by Gasteiger charge is 2.38. The summed E-state index contributed by atoms with van der Waals surface area (Å²) in [5.41, 5.74) is 0.0603. The molecule has 24 heavy (non-hydrogen) atoms. The van der Waals surface area contributed by atoms with Crippen molar-refractivity contribution in [1.29, 1.82) is 0 Å². The summed E-state index contributed by atoms with van der Waals surface area (Å²) in [6.45, 7) is 0. The zero-order valence-corrected chi connectivity index (χ0v) is 13.3. The van der Waals surface area contributed by atoms with Crippen LogP contribution in [0.1, 0.15) is 10.4 Å². The molecule has 0 aliphatic heterocycles. The fourth-order valence-electron chi connectivity index (χ4n) is 1.71. The Balaban J connectivity index is 0.000000351. The Labute approximate surface area is 137 Å². The zero-order valence-electron chi connectivity index (χ0n) is 11.7. The molecular weight excluding hydrogens is 379 g/mol. The van der Waals surface area contributed by atoms with Gasteiger partial charge in [0.15, 0.2) is 0 Å². The lowest BCUT2D eigenvalue weighted by atomic mass is 10.2. The van der Waals surface area contributed by atoms with Crippen molar-refractivity contribution < 1.29 is 41.4 Å². The Bertz CT molecular complexity index is 903. The zero-order chi connectivity index (χ0) is 18.9. The van der Waals surface area contributed by atoms with Crippen LogP contribution in [0, 0.1) is 0 Å². The third-order valence-electron chi connectivity index (χ3n) is 2.56. The highest BCUT2D eigenvalue weighted by atomic mass is 35.5. The van der Waals surface area contributed by atoms with Crippen LogP contribution in [0.4, 0.5) is 13.2 Å². The third-order valence-corrected chi connectivity index (χ3v) is 4.07. The van der Waals surface area contributed by atoms with Crippen LogP contribution in [0.5, 0.6) is 0 Å². The maximum atomic E-state index is 11.6. The summed E-state index contributed by atoms with van der Waals surface area (Å²) in [6.07, 6.45) is -4.11. The van der Waals surface area contributed by atoms with Gasteiger partial charge in [-0.15, -0.1) is 0 Å². The van der Waals surface area contributed by atoms with Gasteiger partial charge in [-0.25, -0.2) is 22.0 Å². The number of aromatic nitrogens is 1. The summed E-state index contributed by atoms with van der Waals surface area (Å²) >= 11 is 5.83. The van der Waals surface area contributed by atoms with E-state index in [9.17, 15) is 26.4 Å². The summed E-state index contributed by atoms with van der Waals surface area (Å²) < 4.78 is 55.7. The summed E-state index contributed by atoms with van der Waals surface area (Å²) in [7, 11) is -3.65. The summed E-state index contributed by atoms with van der Waals surface area (Å²) in [5.74, 6) is -4.01. The van der Waals surface area contributed by atoms with Crippen molar-refractivity contribution in [1.82, 2.24) is 3.97 Å². The number of hydrogen-bond acceptors (Lipinski definition) is 4. The average Bonchev–Trinajstić information content (AvgIpc) is 2.69. The van der Waals surface area contributed by atoms with E-state index in [1.807, 2.05) is 0 Å². The van der Waals surface area contributed by atoms with Crippen molar-refractivity contribution in [3.8, 4) is 0 Å². The molecule has 7 nitrogen and oxygen atoms in total. The number of carbonyl (C=O) groups is 2. The lowest BCUT2D eigenvalue weighted by Crippen LogP contribution is -2.21.